The monoisotopic (exact) mass is 260 g/mol. The van der Waals surface area contributed by atoms with Gasteiger partial charge in [0.25, 0.3) is 0 Å². The number of ether oxygens (including phenoxy) is 2. The van der Waals surface area contributed by atoms with E-state index in [1.807, 2.05) is 6.92 Å². The van der Waals surface area contributed by atoms with Crippen LogP contribution in [0, 0.1) is 0 Å². The summed E-state index contributed by atoms with van der Waals surface area (Å²) in [6.45, 7) is 7.70. The highest BCUT2D eigenvalue weighted by Crippen LogP contribution is 1.89. The number of carbonyl (C=O) groups is 1. The van der Waals surface area contributed by atoms with Gasteiger partial charge < -0.3 is 20.1 Å². The van der Waals surface area contributed by atoms with Crippen molar-refractivity contribution in [1.29, 1.82) is 0 Å². The second-order valence-electron chi connectivity index (χ2n) is 4.34. The Balaban J connectivity index is 3.17. The zero-order chi connectivity index (χ0) is 13.6. The van der Waals surface area contributed by atoms with Crippen LogP contribution in [0.25, 0.3) is 0 Å². The lowest BCUT2D eigenvalue weighted by Gasteiger charge is -2.11. The molecule has 0 saturated carbocycles. The average Bonchev–Trinajstić information content (AvgIpc) is 2.36. The van der Waals surface area contributed by atoms with E-state index in [2.05, 4.69) is 17.6 Å². The largest absolute Gasteiger partial charge is 0.382 e. The van der Waals surface area contributed by atoms with Gasteiger partial charge in [0.15, 0.2) is 0 Å². The third-order valence-electron chi connectivity index (χ3n) is 2.62. The second kappa shape index (κ2) is 12.8. The van der Waals surface area contributed by atoms with E-state index in [0.29, 0.717) is 19.6 Å². The Morgan fingerprint density at radius 2 is 2.00 bits per heavy atom. The highest BCUT2D eigenvalue weighted by molar-refractivity contribution is 5.76. The van der Waals surface area contributed by atoms with Gasteiger partial charge in [-0.3, -0.25) is 4.79 Å². The van der Waals surface area contributed by atoms with Crippen LogP contribution in [0.1, 0.15) is 33.1 Å². The van der Waals surface area contributed by atoms with E-state index < -0.39 is 0 Å². The Hall–Kier alpha value is -0.650. The van der Waals surface area contributed by atoms with Gasteiger partial charge in [0, 0.05) is 32.7 Å². The zero-order valence-electron chi connectivity index (χ0n) is 12.0. The number of hydrogen-bond donors (Lipinski definition) is 2. The van der Waals surface area contributed by atoms with Crippen LogP contribution in [0.5, 0.6) is 0 Å². The van der Waals surface area contributed by atoms with Gasteiger partial charge in [-0.25, -0.2) is 0 Å². The van der Waals surface area contributed by atoms with Crippen LogP contribution < -0.4 is 10.6 Å². The Morgan fingerprint density at radius 1 is 1.22 bits per heavy atom. The van der Waals surface area contributed by atoms with Gasteiger partial charge in [-0.1, -0.05) is 6.92 Å². The number of nitrogens with one attached hydrogen (secondary N) is 2. The summed E-state index contributed by atoms with van der Waals surface area (Å²) < 4.78 is 10.2. The fourth-order valence-electron chi connectivity index (χ4n) is 1.32. The molecule has 0 aliphatic rings. The van der Waals surface area contributed by atoms with Gasteiger partial charge in [0.2, 0.25) is 5.91 Å². The molecular weight excluding hydrogens is 232 g/mol. The molecule has 18 heavy (non-hydrogen) atoms. The third kappa shape index (κ3) is 11.8. The summed E-state index contributed by atoms with van der Waals surface area (Å²) in [5.41, 5.74) is 0. The van der Waals surface area contributed by atoms with Gasteiger partial charge in [-0.15, -0.1) is 0 Å². The molecule has 0 radical (unpaired) electrons. The van der Waals surface area contributed by atoms with E-state index in [-0.39, 0.29) is 11.9 Å². The molecule has 2 N–H and O–H groups in total. The van der Waals surface area contributed by atoms with Crippen molar-refractivity contribution in [1.82, 2.24) is 10.6 Å². The molecule has 0 fully saturated rings. The van der Waals surface area contributed by atoms with Crippen LogP contribution in [0.4, 0.5) is 0 Å². The summed E-state index contributed by atoms with van der Waals surface area (Å²) >= 11 is 0. The van der Waals surface area contributed by atoms with Crippen LogP contribution in [-0.2, 0) is 14.3 Å². The van der Waals surface area contributed by atoms with Crippen LogP contribution in [0.3, 0.4) is 0 Å². The minimum absolute atomic E-state index is 0.119. The molecule has 0 aromatic rings. The molecule has 1 unspecified atom stereocenters. The van der Waals surface area contributed by atoms with Crippen LogP contribution in [0.15, 0.2) is 0 Å². The van der Waals surface area contributed by atoms with Gasteiger partial charge in [0.1, 0.15) is 0 Å². The minimum atomic E-state index is 0.119. The molecule has 108 valence electrons. The SMILES string of the molecule is CCC(C)NC(=O)CCNCCCOCCOC. The lowest BCUT2D eigenvalue weighted by atomic mass is 10.2. The summed E-state index contributed by atoms with van der Waals surface area (Å²) in [4.78, 5) is 11.4. The van der Waals surface area contributed by atoms with Crippen molar-refractivity contribution >= 4 is 5.91 Å². The van der Waals surface area contributed by atoms with E-state index in [4.69, 9.17) is 9.47 Å². The normalized spacial score (nSPS) is 12.4. The first kappa shape index (κ1) is 17.4. The molecule has 0 bridgehead atoms. The average molecular weight is 260 g/mol. The first-order chi connectivity index (χ1) is 8.70. The van der Waals surface area contributed by atoms with Crippen molar-refractivity contribution in [2.24, 2.45) is 0 Å². The summed E-state index contributed by atoms with van der Waals surface area (Å²) in [5.74, 6) is 0.119. The van der Waals surface area contributed by atoms with Crippen molar-refractivity contribution in [3.8, 4) is 0 Å². The lowest BCUT2D eigenvalue weighted by Crippen LogP contribution is -2.34. The number of carbonyl (C=O) groups excluding carboxylic acids is 1. The van der Waals surface area contributed by atoms with Crippen LogP contribution >= 0.6 is 0 Å². The van der Waals surface area contributed by atoms with Gasteiger partial charge >= 0.3 is 0 Å². The van der Waals surface area contributed by atoms with Crippen molar-refractivity contribution in [3.05, 3.63) is 0 Å². The number of amides is 1. The fourth-order valence-corrected chi connectivity index (χ4v) is 1.32. The highest BCUT2D eigenvalue weighted by Gasteiger charge is 2.04. The topological polar surface area (TPSA) is 59.6 Å². The second-order valence-corrected chi connectivity index (χ2v) is 4.34. The van der Waals surface area contributed by atoms with Gasteiger partial charge in [-0.05, 0) is 26.3 Å². The van der Waals surface area contributed by atoms with Crippen molar-refractivity contribution in [2.45, 2.75) is 39.2 Å². The Labute approximate surface area is 111 Å². The molecule has 0 heterocycles. The summed E-state index contributed by atoms with van der Waals surface area (Å²) in [6, 6.07) is 0.270. The molecule has 0 aliphatic carbocycles. The number of methoxy groups -OCH3 is 1. The molecule has 5 nitrogen and oxygen atoms in total. The molecule has 0 aliphatic heterocycles. The van der Waals surface area contributed by atoms with E-state index in [9.17, 15) is 4.79 Å². The quantitative estimate of drug-likeness (QED) is 0.513. The van der Waals surface area contributed by atoms with E-state index in [1.165, 1.54) is 0 Å². The molecule has 0 rings (SSSR count). The van der Waals surface area contributed by atoms with Crippen LogP contribution in [0.2, 0.25) is 0 Å². The smallest absolute Gasteiger partial charge is 0.221 e. The number of rotatable bonds is 12. The Bertz CT molecular complexity index is 201. The Kier molecular flexibility index (Phi) is 12.3. The molecule has 1 atom stereocenters. The maximum atomic E-state index is 11.4. The maximum absolute atomic E-state index is 11.4. The first-order valence-electron chi connectivity index (χ1n) is 6.77. The van der Waals surface area contributed by atoms with Gasteiger partial charge in [-0.2, -0.15) is 0 Å². The first-order valence-corrected chi connectivity index (χ1v) is 6.77. The summed E-state index contributed by atoms with van der Waals surface area (Å²) in [7, 11) is 1.66. The highest BCUT2D eigenvalue weighted by atomic mass is 16.5. The molecule has 0 saturated heterocycles. The molecule has 5 heteroatoms. The van der Waals surface area contributed by atoms with E-state index in [1.54, 1.807) is 7.11 Å². The number of hydrogen-bond acceptors (Lipinski definition) is 4. The van der Waals surface area contributed by atoms with Crippen molar-refractivity contribution in [2.75, 3.05) is 40.0 Å². The third-order valence-corrected chi connectivity index (χ3v) is 2.62. The molecule has 0 spiro atoms. The lowest BCUT2D eigenvalue weighted by molar-refractivity contribution is -0.121. The van der Waals surface area contributed by atoms with Gasteiger partial charge in [0.05, 0.1) is 13.2 Å². The maximum Gasteiger partial charge on any atom is 0.221 e. The summed E-state index contributed by atoms with van der Waals surface area (Å²) in [5, 5.41) is 6.16. The standard InChI is InChI=1S/C13H28N2O3/c1-4-12(2)15-13(16)6-8-14-7-5-9-18-11-10-17-3/h12,14H,4-11H2,1-3H3,(H,15,16). The summed E-state index contributed by atoms with van der Waals surface area (Å²) in [6.07, 6.45) is 2.46. The van der Waals surface area contributed by atoms with E-state index >= 15 is 0 Å². The predicted octanol–water partition coefficient (Wildman–Crippen LogP) is 0.934. The minimum Gasteiger partial charge on any atom is -0.382 e. The zero-order valence-corrected chi connectivity index (χ0v) is 12.0. The molecule has 0 aromatic heterocycles. The Morgan fingerprint density at radius 3 is 2.67 bits per heavy atom. The predicted molar refractivity (Wildman–Crippen MR) is 72.7 cm³/mol. The molecular formula is C13H28N2O3. The van der Waals surface area contributed by atoms with Crippen LogP contribution in [-0.4, -0.2) is 52.0 Å². The van der Waals surface area contributed by atoms with Crippen molar-refractivity contribution < 1.29 is 14.3 Å². The molecule has 0 aromatic carbocycles. The fraction of sp³-hybridized carbons (Fsp3) is 0.923. The van der Waals surface area contributed by atoms with E-state index in [0.717, 1.165) is 32.5 Å². The van der Waals surface area contributed by atoms with Crippen molar-refractivity contribution in [3.63, 3.8) is 0 Å². The molecule has 1 amide bonds.